The molecule has 1 aliphatic rings. The second kappa shape index (κ2) is 7.66. The standard InChI is InChI=1S/C19H24N2O3S/c1-19(17-8-4-2-5-9-17,16-21-12-14-24-15-13-21)20-25(22,23)18-10-6-3-7-11-18/h2-11,20H,12-16H2,1H3/p+1/t19-/m1/s1. The summed E-state index contributed by atoms with van der Waals surface area (Å²) >= 11 is 0. The summed E-state index contributed by atoms with van der Waals surface area (Å²) in [6.45, 7) is 5.83. The Kier molecular flexibility index (Phi) is 5.54. The Hall–Kier alpha value is -1.73. The fraction of sp³-hybridized carbons (Fsp3) is 0.368. The number of quaternary nitrogens is 1. The van der Waals surface area contributed by atoms with Gasteiger partial charge in [-0.05, 0) is 24.6 Å². The van der Waals surface area contributed by atoms with Gasteiger partial charge in [0.2, 0.25) is 10.0 Å². The van der Waals surface area contributed by atoms with Crippen LogP contribution in [0.4, 0.5) is 0 Å². The van der Waals surface area contributed by atoms with Crippen LogP contribution in [0.2, 0.25) is 0 Å². The molecular formula is C19H25N2O3S+. The lowest BCUT2D eigenvalue weighted by Crippen LogP contribution is -3.15. The highest BCUT2D eigenvalue weighted by atomic mass is 32.2. The second-order valence-corrected chi connectivity index (χ2v) is 8.34. The van der Waals surface area contributed by atoms with Crippen LogP contribution >= 0.6 is 0 Å². The fourth-order valence-electron chi connectivity index (χ4n) is 3.30. The Morgan fingerprint density at radius 3 is 2.16 bits per heavy atom. The molecule has 134 valence electrons. The van der Waals surface area contributed by atoms with Crippen LogP contribution in [-0.4, -0.2) is 41.3 Å². The van der Waals surface area contributed by atoms with Gasteiger partial charge >= 0.3 is 0 Å². The molecule has 0 saturated carbocycles. The van der Waals surface area contributed by atoms with Crippen LogP contribution in [0, 0.1) is 0 Å². The maximum atomic E-state index is 12.9. The number of hydrogen-bond donors (Lipinski definition) is 2. The van der Waals surface area contributed by atoms with Gasteiger partial charge in [0, 0.05) is 0 Å². The van der Waals surface area contributed by atoms with Crippen molar-refractivity contribution in [3.05, 3.63) is 66.2 Å². The molecule has 0 amide bonds. The van der Waals surface area contributed by atoms with Crippen molar-refractivity contribution < 1.29 is 18.1 Å². The predicted molar refractivity (Wildman–Crippen MR) is 96.9 cm³/mol. The third-order valence-electron chi connectivity index (χ3n) is 4.63. The van der Waals surface area contributed by atoms with Gasteiger partial charge < -0.3 is 9.64 Å². The van der Waals surface area contributed by atoms with Gasteiger partial charge in [0.25, 0.3) is 0 Å². The highest BCUT2D eigenvalue weighted by molar-refractivity contribution is 7.89. The first-order valence-electron chi connectivity index (χ1n) is 8.55. The van der Waals surface area contributed by atoms with E-state index in [1.54, 1.807) is 24.3 Å². The van der Waals surface area contributed by atoms with Crippen molar-refractivity contribution in [2.75, 3.05) is 32.8 Å². The fourth-order valence-corrected chi connectivity index (χ4v) is 4.71. The SMILES string of the molecule is C[C@](C[NH+]1CCOCC1)(NS(=O)(=O)c1ccccc1)c1ccccc1. The van der Waals surface area contributed by atoms with E-state index in [0.29, 0.717) is 19.8 Å². The average Bonchev–Trinajstić information content (AvgIpc) is 2.63. The van der Waals surface area contributed by atoms with Gasteiger partial charge in [0.1, 0.15) is 25.2 Å². The number of rotatable bonds is 6. The molecule has 0 aromatic heterocycles. The number of sulfonamides is 1. The summed E-state index contributed by atoms with van der Waals surface area (Å²) < 4.78 is 34.2. The van der Waals surface area contributed by atoms with Crippen molar-refractivity contribution in [3.63, 3.8) is 0 Å². The lowest BCUT2D eigenvalue weighted by Gasteiger charge is -2.35. The van der Waals surface area contributed by atoms with Gasteiger partial charge in [-0.1, -0.05) is 48.5 Å². The highest BCUT2D eigenvalue weighted by Crippen LogP contribution is 2.22. The molecule has 1 heterocycles. The summed E-state index contributed by atoms with van der Waals surface area (Å²) in [6.07, 6.45) is 0. The summed E-state index contributed by atoms with van der Waals surface area (Å²) in [7, 11) is -3.61. The topological polar surface area (TPSA) is 59.8 Å². The molecule has 0 bridgehead atoms. The van der Waals surface area contributed by atoms with E-state index in [0.717, 1.165) is 18.7 Å². The van der Waals surface area contributed by atoms with Gasteiger partial charge in [-0.25, -0.2) is 8.42 Å². The predicted octanol–water partition coefficient (Wildman–Crippen LogP) is 0.795. The van der Waals surface area contributed by atoms with Crippen molar-refractivity contribution in [3.8, 4) is 0 Å². The summed E-state index contributed by atoms with van der Waals surface area (Å²) in [6, 6.07) is 18.3. The minimum Gasteiger partial charge on any atom is -0.370 e. The molecule has 25 heavy (non-hydrogen) atoms. The summed E-state index contributed by atoms with van der Waals surface area (Å²) in [5.41, 5.74) is 0.274. The van der Waals surface area contributed by atoms with Gasteiger partial charge in [-0.3, -0.25) is 0 Å². The summed E-state index contributed by atoms with van der Waals surface area (Å²) in [4.78, 5) is 1.63. The zero-order valence-electron chi connectivity index (χ0n) is 14.4. The van der Waals surface area contributed by atoms with Crippen LogP contribution in [0.5, 0.6) is 0 Å². The van der Waals surface area contributed by atoms with Crippen molar-refractivity contribution >= 4 is 10.0 Å². The minimum absolute atomic E-state index is 0.286. The van der Waals surface area contributed by atoms with E-state index < -0.39 is 15.6 Å². The Morgan fingerprint density at radius 1 is 1.00 bits per heavy atom. The molecule has 1 aliphatic heterocycles. The van der Waals surface area contributed by atoms with Crippen molar-refractivity contribution in [1.29, 1.82) is 0 Å². The first kappa shape index (κ1) is 18.1. The van der Waals surface area contributed by atoms with E-state index >= 15 is 0 Å². The molecule has 0 unspecified atom stereocenters. The Labute approximate surface area is 149 Å². The lowest BCUT2D eigenvalue weighted by molar-refractivity contribution is -0.912. The van der Waals surface area contributed by atoms with Crippen LogP contribution in [0.15, 0.2) is 65.6 Å². The molecule has 3 rings (SSSR count). The number of nitrogens with one attached hydrogen (secondary N) is 2. The molecule has 5 nitrogen and oxygen atoms in total. The molecule has 1 saturated heterocycles. The third kappa shape index (κ3) is 4.46. The van der Waals surface area contributed by atoms with Crippen molar-refractivity contribution in [2.24, 2.45) is 0 Å². The molecular weight excluding hydrogens is 336 g/mol. The molecule has 2 aromatic rings. The molecule has 2 aromatic carbocycles. The van der Waals surface area contributed by atoms with Gasteiger partial charge in [-0.15, -0.1) is 0 Å². The zero-order valence-corrected chi connectivity index (χ0v) is 15.3. The smallest absolute Gasteiger partial charge is 0.241 e. The number of benzene rings is 2. The Bertz CT molecular complexity index is 775. The molecule has 0 spiro atoms. The number of morpholine rings is 1. The van der Waals surface area contributed by atoms with Crippen LogP contribution in [-0.2, 0) is 20.3 Å². The maximum absolute atomic E-state index is 12.9. The largest absolute Gasteiger partial charge is 0.370 e. The molecule has 1 atom stereocenters. The van der Waals surface area contributed by atoms with E-state index in [4.69, 9.17) is 4.74 Å². The Balaban J connectivity index is 1.91. The van der Waals surface area contributed by atoms with Crippen LogP contribution < -0.4 is 9.62 Å². The summed E-state index contributed by atoms with van der Waals surface area (Å²) in [5.74, 6) is 0. The first-order valence-corrected chi connectivity index (χ1v) is 10.0. The maximum Gasteiger partial charge on any atom is 0.241 e. The van der Waals surface area contributed by atoms with Crippen LogP contribution in [0.3, 0.4) is 0 Å². The number of ether oxygens (including phenoxy) is 1. The third-order valence-corrected chi connectivity index (χ3v) is 6.24. The normalized spacial score (nSPS) is 18.6. The monoisotopic (exact) mass is 361 g/mol. The van der Waals surface area contributed by atoms with Crippen LogP contribution in [0.1, 0.15) is 12.5 Å². The van der Waals surface area contributed by atoms with E-state index in [1.807, 2.05) is 43.3 Å². The quantitative estimate of drug-likeness (QED) is 0.800. The van der Waals surface area contributed by atoms with Crippen LogP contribution in [0.25, 0.3) is 0 Å². The van der Waals surface area contributed by atoms with E-state index in [9.17, 15) is 8.42 Å². The minimum atomic E-state index is -3.61. The number of hydrogen-bond acceptors (Lipinski definition) is 3. The Morgan fingerprint density at radius 2 is 1.56 bits per heavy atom. The lowest BCUT2D eigenvalue weighted by atomic mass is 9.92. The highest BCUT2D eigenvalue weighted by Gasteiger charge is 2.37. The second-order valence-electron chi connectivity index (χ2n) is 6.66. The summed E-state index contributed by atoms with van der Waals surface area (Å²) in [5, 5.41) is 0. The molecule has 1 fully saturated rings. The van der Waals surface area contributed by atoms with E-state index in [-0.39, 0.29) is 4.90 Å². The molecule has 0 aliphatic carbocycles. The molecule has 0 radical (unpaired) electrons. The first-order chi connectivity index (χ1) is 12.0. The van der Waals surface area contributed by atoms with Gasteiger partial charge in [0.15, 0.2) is 0 Å². The van der Waals surface area contributed by atoms with Crippen molar-refractivity contribution in [1.82, 2.24) is 4.72 Å². The van der Waals surface area contributed by atoms with Gasteiger partial charge in [-0.2, -0.15) is 4.72 Å². The van der Waals surface area contributed by atoms with Gasteiger partial charge in [0.05, 0.1) is 18.1 Å². The van der Waals surface area contributed by atoms with E-state index in [2.05, 4.69) is 4.72 Å². The van der Waals surface area contributed by atoms with E-state index in [1.165, 1.54) is 4.90 Å². The zero-order chi connectivity index (χ0) is 17.8. The molecule has 2 N–H and O–H groups in total. The molecule has 6 heteroatoms. The average molecular weight is 361 g/mol. The van der Waals surface area contributed by atoms with Crippen molar-refractivity contribution in [2.45, 2.75) is 17.4 Å².